The average molecular weight is 404 g/mol. The molecule has 0 aliphatic heterocycles. The molecule has 5 rings (SSSR count). The lowest BCUT2D eigenvalue weighted by atomic mass is 10.0. The lowest BCUT2D eigenvalue weighted by Crippen LogP contribution is -2.39. The van der Waals surface area contributed by atoms with Crippen LogP contribution in [-0.4, -0.2) is 39.4 Å². The van der Waals surface area contributed by atoms with Gasteiger partial charge in [0.2, 0.25) is 5.91 Å². The molecule has 2 aliphatic rings. The fraction of sp³-hybridized carbons (Fsp3) is 0.391. The fourth-order valence-electron chi connectivity index (χ4n) is 4.21. The highest BCUT2D eigenvalue weighted by atomic mass is 16.5. The van der Waals surface area contributed by atoms with Crippen molar-refractivity contribution >= 4 is 17.3 Å². The minimum atomic E-state index is -0.664. The minimum Gasteiger partial charge on any atom is -0.493 e. The summed E-state index contributed by atoms with van der Waals surface area (Å²) in [6, 6.07) is 9.77. The van der Waals surface area contributed by atoms with E-state index in [2.05, 4.69) is 11.4 Å². The fourth-order valence-corrected chi connectivity index (χ4v) is 4.21. The summed E-state index contributed by atoms with van der Waals surface area (Å²) in [5.74, 6) is 1.31. The number of carbonyl (C=O) groups excluding carboxylic acids is 2. The predicted molar refractivity (Wildman–Crippen MR) is 112 cm³/mol. The molecule has 0 saturated heterocycles. The number of ether oxygens (including phenoxy) is 1. The molecule has 1 amide bonds. The van der Waals surface area contributed by atoms with Crippen molar-refractivity contribution in [3.05, 3.63) is 47.3 Å². The molecule has 154 valence electrons. The van der Waals surface area contributed by atoms with E-state index >= 15 is 0 Å². The lowest BCUT2D eigenvalue weighted by molar-refractivity contribution is -0.124. The van der Waals surface area contributed by atoms with Gasteiger partial charge in [-0.25, -0.2) is 9.50 Å². The smallest absolute Gasteiger partial charge is 0.234 e. The van der Waals surface area contributed by atoms with Gasteiger partial charge < -0.3 is 10.1 Å². The zero-order valence-corrected chi connectivity index (χ0v) is 17.4. The Hall–Kier alpha value is -3.22. The number of amides is 1. The Bertz CT molecular complexity index is 1190. The van der Waals surface area contributed by atoms with E-state index in [1.807, 2.05) is 38.1 Å². The number of methoxy groups -OCH3 is 1. The second-order valence-electron chi connectivity index (χ2n) is 8.46. The quantitative estimate of drug-likeness (QED) is 0.706. The molecule has 1 fully saturated rings. The lowest BCUT2D eigenvalue weighted by Gasteiger charge is -2.14. The van der Waals surface area contributed by atoms with Crippen LogP contribution in [0.1, 0.15) is 54.9 Å². The van der Waals surface area contributed by atoms with E-state index in [0.717, 1.165) is 41.6 Å². The van der Waals surface area contributed by atoms with Crippen molar-refractivity contribution in [3.8, 4) is 17.0 Å². The molecule has 0 atom stereocenters. The van der Waals surface area contributed by atoms with Gasteiger partial charge in [0.1, 0.15) is 5.41 Å². The van der Waals surface area contributed by atoms with Crippen molar-refractivity contribution in [2.24, 2.45) is 0 Å². The summed E-state index contributed by atoms with van der Waals surface area (Å²) in [4.78, 5) is 29.5. The van der Waals surface area contributed by atoms with Gasteiger partial charge in [0.15, 0.2) is 23.0 Å². The van der Waals surface area contributed by atoms with Crippen LogP contribution >= 0.6 is 0 Å². The highest BCUT2D eigenvalue weighted by Gasteiger charge is 2.55. The summed E-state index contributed by atoms with van der Waals surface area (Å²) in [5, 5.41) is 7.77. The van der Waals surface area contributed by atoms with Crippen molar-refractivity contribution in [2.75, 3.05) is 7.11 Å². The number of carbonyl (C=O) groups is 2. The van der Waals surface area contributed by atoms with E-state index in [-0.39, 0.29) is 17.7 Å². The molecule has 30 heavy (non-hydrogen) atoms. The molecule has 2 aliphatic carbocycles. The van der Waals surface area contributed by atoms with Crippen molar-refractivity contribution in [3.63, 3.8) is 0 Å². The Labute approximate surface area is 174 Å². The van der Waals surface area contributed by atoms with E-state index in [1.165, 1.54) is 0 Å². The van der Waals surface area contributed by atoms with Crippen LogP contribution in [0.25, 0.3) is 16.9 Å². The van der Waals surface area contributed by atoms with E-state index in [1.54, 1.807) is 11.6 Å². The van der Waals surface area contributed by atoms with Crippen molar-refractivity contribution in [1.29, 1.82) is 0 Å². The zero-order chi connectivity index (χ0) is 21.0. The number of rotatable bonds is 5. The first-order valence-corrected chi connectivity index (χ1v) is 10.3. The third-order valence-corrected chi connectivity index (χ3v) is 6.02. The Morgan fingerprint density at radius 2 is 2.00 bits per heavy atom. The average Bonchev–Trinajstić information content (AvgIpc) is 3.29. The number of aromatic nitrogens is 3. The summed E-state index contributed by atoms with van der Waals surface area (Å²) in [6.07, 6.45) is 2.81. The Morgan fingerprint density at radius 1 is 1.20 bits per heavy atom. The van der Waals surface area contributed by atoms with Crippen LogP contribution in [0.5, 0.6) is 5.75 Å². The minimum absolute atomic E-state index is 0.0232. The number of hydrogen-bond donors (Lipinski definition) is 1. The third-order valence-electron chi connectivity index (χ3n) is 6.02. The number of hydrogen-bond acceptors (Lipinski definition) is 5. The highest BCUT2D eigenvalue weighted by Crippen LogP contribution is 2.47. The standard InChI is InChI=1S/C23H24N4O3/c1-13(2)24-22(29)23(10-11-23)21-25-20-19(30-3)9-7-17(27(20)26-21)15-4-6-16-14(12-15)5-8-18(16)28/h4,6-7,9,12-13H,5,8,10-11H2,1-3H3,(H,24,29). The second-order valence-corrected chi connectivity index (χ2v) is 8.46. The molecule has 0 bridgehead atoms. The summed E-state index contributed by atoms with van der Waals surface area (Å²) in [7, 11) is 1.60. The predicted octanol–water partition coefficient (Wildman–Crippen LogP) is 3.09. The first-order chi connectivity index (χ1) is 14.4. The topological polar surface area (TPSA) is 85.6 Å². The van der Waals surface area contributed by atoms with Crippen LogP contribution in [0, 0.1) is 0 Å². The number of fused-ring (bicyclic) bond motifs is 2. The SMILES string of the molecule is COc1ccc(-c2ccc3c(c2)CCC3=O)n2nc(C3(C(=O)NC(C)C)CC3)nc12. The Balaban J connectivity index is 1.63. The molecule has 7 heteroatoms. The van der Waals surface area contributed by atoms with Crippen molar-refractivity contribution in [1.82, 2.24) is 19.9 Å². The number of benzene rings is 1. The molecule has 3 aromatic rings. The molecule has 1 N–H and O–H groups in total. The largest absolute Gasteiger partial charge is 0.493 e. The van der Waals surface area contributed by atoms with Gasteiger partial charge in [-0.1, -0.05) is 12.1 Å². The van der Waals surface area contributed by atoms with Gasteiger partial charge >= 0.3 is 0 Å². The van der Waals surface area contributed by atoms with Gasteiger partial charge in [-0.05, 0) is 56.9 Å². The van der Waals surface area contributed by atoms with Gasteiger partial charge in [0.05, 0.1) is 12.8 Å². The molecular weight excluding hydrogens is 380 g/mol. The van der Waals surface area contributed by atoms with Gasteiger partial charge in [0, 0.05) is 23.6 Å². The number of Topliss-reactive ketones (excluding diaryl/α,β-unsaturated/α-hetero) is 1. The molecule has 1 saturated carbocycles. The van der Waals surface area contributed by atoms with Gasteiger partial charge in [-0.15, -0.1) is 5.10 Å². The maximum absolute atomic E-state index is 12.8. The molecule has 7 nitrogen and oxygen atoms in total. The molecule has 0 radical (unpaired) electrons. The number of nitrogens with zero attached hydrogens (tertiary/aromatic N) is 3. The van der Waals surface area contributed by atoms with Crippen LogP contribution in [-0.2, 0) is 16.6 Å². The first-order valence-electron chi connectivity index (χ1n) is 10.3. The van der Waals surface area contributed by atoms with Crippen LogP contribution in [0.3, 0.4) is 0 Å². The van der Waals surface area contributed by atoms with Gasteiger partial charge in [-0.3, -0.25) is 9.59 Å². The number of pyridine rings is 1. The maximum Gasteiger partial charge on any atom is 0.234 e. The normalized spacial score (nSPS) is 16.7. The summed E-state index contributed by atoms with van der Waals surface area (Å²) in [5.41, 5.74) is 3.62. The summed E-state index contributed by atoms with van der Waals surface area (Å²) >= 11 is 0. The van der Waals surface area contributed by atoms with E-state index in [9.17, 15) is 9.59 Å². The zero-order valence-electron chi connectivity index (χ0n) is 17.4. The molecule has 0 unspecified atom stereocenters. The maximum atomic E-state index is 12.8. The van der Waals surface area contributed by atoms with Crippen LogP contribution in [0.4, 0.5) is 0 Å². The van der Waals surface area contributed by atoms with Crippen molar-refractivity contribution in [2.45, 2.75) is 51.0 Å². The van der Waals surface area contributed by atoms with Crippen LogP contribution in [0.2, 0.25) is 0 Å². The van der Waals surface area contributed by atoms with Crippen LogP contribution in [0.15, 0.2) is 30.3 Å². The van der Waals surface area contributed by atoms with Gasteiger partial charge in [-0.2, -0.15) is 0 Å². The molecule has 0 spiro atoms. The number of ketones is 1. The third kappa shape index (κ3) is 2.80. The molecular formula is C23H24N4O3. The monoisotopic (exact) mass is 404 g/mol. The van der Waals surface area contributed by atoms with E-state index < -0.39 is 5.41 Å². The first kappa shape index (κ1) is 18.8. The Morgan fingerprint density at radius 3 is 2.70 bits per heavy atom. The highest BCUT2D eigenvalue weighted by molar-refractivity contribution is 6.01. The molecule has 2 aromatic heterocycles. The Kier molecular flexibility index (Phi) is 4.17. The van der Waals surface area contributed by atoms with E-state index in [4.69, 9.17) is 14.8 Å². The summed E-state index contributed by atoms with van der Waals surface area (Å²) in [6.45, 7) is 3.90. The van der Waals surface area contributed by atoms with Crippen molar-refractivity contribution < 1.29 is 14.3 Å². The second kappa shape index (κ2) is 6.65. The van der Waals surface area contributed by atoms with Gasteiger partial charge in [0.25, 0.3) is 0 Å². The molecule has 2 heterocycles. The summed E-state index contributed by atoms with van der Waals surface area (Å²) < 4.78 is 7.27. The molecule has 1 aromatic carbocycles. The van der Waals surface area contributed by atoms with E-state index in [0.29, 0.717) is 23.6 Å². The number of nitrogens with one attached hydrogen (secondary N) is 1. The number of aryl methyl sites for hydroxylation is 1. The van der Waals surface area contributed by atoms with Crippen LogP contribution < -0.4 is 10.1 Å².